The summed E-state index contributed by atoms with van der Waals surface area (Å²) in [5.74, 6) is 0.630. The zero-order chi connectivity index (χ0) is 10.4. The Kier molecular flexibility index (Phi) is 5.71. The van der Waals surface area contributed by atoms with Gasteiger partial charge in [0.15, 0.2) is 0 Å². The highest BCUT2D eigenvalue weighted by atomic mass is 16.2. The molecular weight excluding hydrogens is 164 g/mol. The van der Waals surface area contributed by atoms with E-state index in [4.69, 9.17) is 5.73 Å². The van der Waals surface area contributed by atoms with Crippen LogP contribution in [0.25, 0.3) is 0 Å². The molecule has 0 bridgehead atoms. The molecule has 0 rings (SSSR count). The van der Waals surface area contributed by atoms with Crippen molar-refractivity contribution in [1.29, 1.82) is 0 Å². The van der Waals surface area contributed by atoms with Crippen molar-refractivity contribution in [3.8, 4) is 0 Å². The lowest BCUT2D eigenvalue weighted by Crippen LogP contribution is -2.42. The predicted octanol–water partition coefficient (Wildman–Crippen LogP) is 1.27. The third-order valence-electron chi connectivity index (χ3n) is 1.98. The molecule has 0 fully saturated rings. The highest BCUT2D eigenvalue weighted by Crippen LogP contribution is 2.06. The molecule has 2 atom stereocenters. The summed E-state index contributed by atoms with van der Waals surface area (Å²) in [6.45, 7) is 8.08. The molecule has 0 radical (unpaired) electrons. The van der Waals surface area contributed by atoms with E-state index in [9.17, 15) is 4.79 Å². The lowest BCUT2D eigenvalue weighted by Gasteiger charge is -2.16. The monoisotopic (exact) mass is 186 g/mol. The second-order valence-electron chi connectivity index (χ2n) is 4.17. The Morgan fingerprint density at radius 1 is 1.23 bits per heavy atom. The Morgan fingerprint density at radius 2 is 1.77 bits per heavy atom. The maximum atomic E-state index is 11.2. The Labute approximate surface area is 81.1 Å². The van der Waals surface area contributed by atoms with Crippen molar-refractivity contribution in [3.63, 3.8) is 0 Å². The van der Waals surface area contributed by atoms with Gasteiger partial charge >= 0.3 is 0 Å². The lowest BCUT2D eigenvalue weighted by atomic mass is 10.0. The first-order valence-corrected chi connectivity index (χ1v) is 4.99. The number of rotatable bonds is 5. The van der Waals surface area contributed by atoms with E-state index in [0.717, 1.165) is 12.8 Å². The fourth-order valence-corrected chi connectivity index (χ4v) is 1.03. The quantitative estimate of drug-likeness (QED) is 0.679. The van der Waals surface area contributed by atoms with E-state index >= 15 is 0 Å². The molecular formula is C10H22N2O. The molecule has 0 aliphatic carbocycles. The van der Waals surface area contributed by atoms with Crippen molar-refractivity contribution in [2.24, 2.45) is 11.7 Å². The van der Waals surface area contributed by atoms with Gasteiger partial charge in [-0.05, 0) is 32.6 Å². The van der Waals surface area contributed by atoms with Crippen molar-refractivity contribution in [1.82, 2.24) is 5.32 Å². The van der Waals surface area contributed by atoms with Crippen LogP contribution in [0.4, 0.5) is 0 Å². The first-order chi connectivity index (χ1) is 5.93. The van der Waals surface area contributed by atoms with Crippen LogP contribution in [-0.4, -0.2) is 18.0 Å². The van der Waals surface area contributed by atoms with Gasteiger partial charge in [-0.15, -0.1) is 0 Å². The van der Waals surface area contributed by atoms with Crippen molar-refractivity contribution in [2.45, 2.75) is 52.6 Å². The Bertz CT molecular complexity index is 155. The summed E-state index contributed by atoms with van der Waals surface area (Å²) in [6, 6.07) is -0.164. The second-order valence-corrected chi connectivity index (χ2v) is 4.17. The van der Waals surface area contributed by atoms with Gasteiger partial charge in [-0.1, -0.05) is 13.8 Å². The molecule has 1 amide bonds. The largest absolute Gasteiger partial charge is 0.352 e. The number of carbonyl (C=O) groups is 1. The minimum atomic E-state index is -0.401. The SMILES string of the molecule is CC(C)CCC(C)NC(=O)[C@@H](C)N. The van der Waals surface area contributed by atoms with E-state index in [0.29, 0.717) is 5.92 Å². The van der Waals surface area contributed by atoms with Gasteiger partial charge in [0.05, 0.1) is 6.04 Å². The van der Waals surface area contributed by atoms with E-state index in [1.165, 1.54) is 0 Å². The van der Waals surface area contributed by atoms with Crippen molar-refractivity contribution >= 4 is 5.91 Å². The summed E-state index contributed by atoms with van der Waals surface area (Å²) in [5, 5.41) is 2.87. The summed E-state index contributed by atoms with van der Waals surface area (Å²) in [4.78, 5) is 11.2. The Morgan fingerprint density at radius 3 is 2.15 bits per heavy atom. The molecule has 3 heteroatoms. The molecule has 0 aliphatic heterocycles. The van der Waals surface area contributed by atoms with Gasteiger partial charge in [0.2, 0.25) is 5.91 Å². The van der Waals surface area contributed by atoms with Crippen LogP contribution in [0.2, 0.25) is 0 Å². The first kappa shape index (κ1) is 12.4. The van der Waals surface area contributed by atoms with Crippen molar-refractivity contribution in [2.75, 3.05) is 0 Å². The van der Waals surface area contributed by atoms with E-state index in [-0.39, 0.29) is 11.9 Å². The highest BCUT2D eigenvalue weighted by Gasteiger charge is 2.10. The van der Waals surface area contributed by atoms with Crippen molar-refractivity contribution in [3.05, 3.63) is 0 Å². The molecule has 78 valence electrons. The summed E-state index contributed by atoms with van der Waals surface area (Å²) < 4.78 is 0. The molecule has 0 aromatic heterocycles. The van der Waals surface area contributed by atoms with Gasteiger partial charge in [-0.3, -0.25) is 4.79 Å². The first-order valence-electron chi connectivity index (χ1n) is 4.99. The Balaban J connectivity index is 3.62. The zero-order valence-electron chi connectivity index (χ0n) is 9.13. The summed E-state index contributed by atoms with van der Waals surface area (Å²) >= 11 is 0. The smallest absolute Gasteiger partial charge is 0.236 e. The maximum Gasteiger partial charge on any atom is 0.236 e. The number of nitrogens with two attached hydrogens (primary N) is 1. The average Bonchev–Trinajstić information content (AvgIpc) is 2.00. The molecule has 0 saturated heterocycles. The van der Waals surface area contributed by atoms with E-state index in [1.807, 2.05) is 6.92 Å². The fraction of sp³-hybridized carbons (Fsp3) is 0.900. The number of amides is 1. The van der Waals surface area contributed by atoms with Gasteiger partial charge < -0.3 is 11.1 Å². The third kappa shape index (κ3) is 6.58. The standard InChI is InChI=1S/C10H22N2O/c1-7(2)5-6-8(3)12-10(13)9(4)11/h7-9H,5-6,11H2,1-4H3,(H,12,13)/t8?,9-/m1/s1. The van der Waals surface area contributed by atoms with Crippen LogP contribution in [0.3, 0.4) is 0 Å². The van der Waals surface area contributed by atoms with E-state index < -0.39 is 6.04 Å². The molecule has 3 N–H and O–H groups in total. The number of hydrogen-bond acceptors (Lipinski definition) is 2. The molecule has 0 heterocycles. The van der Waals surface area contributed by atoms with Gasteiger partial charge in [-0.2, -0.15) is 0 Å². The molecule has 13 heavy (non-hydrogen) atoms. The summed E-state index contributed by atoms with van der Waals surface area (Å²) in [7, 11) is 0. The third-order valence-corrected chi connectivity index (χ3v) is 1.98. The van der Waals surface area contributed by atoms with Crippen LogP contribution in [0, 0.1) is 5.92 Å². The van der Waals surface area contributed by atoms with Crippen LogP contribution in [0.15, 0.2) is 0 Å². The topological polar surface area (TPSA) is 55.1 Å². The van der Waals surface area contributed by atoms with Crippen LogP contribution in [0.1, 0.15) is 40.5 Å². The van der Waals surface area contributed by atoms with Gasteiger partial charge in [0.25, 0.3) is 0 Å². The van der Waals surface area contributed by atoms with Crippen LogP contribution >= 0.6 is 0 Å². The Hall–Kier alpha value is -0.570. The van der Waals surface area contributed by atoms with Crippen molar-refractivity contribution < 1.29 is 4.79 Å². The van der Waals surface area contributed by atoms with Gasteiger partial charge in [0.1, 0.15) is 0 Å². The van der Waals surface area contributed by atoms with Gasteiger partial charge in [-0.25, -0.2) is 0 Å². The van der Waals surface area contributed by atoms with Crippen LogP contribution < -0.4 is 11.1 Å². The van der Waals surface area contributed by atoms with Gasteiger partial charge in [0, 0.05) is 6.04 Å². The van der Waals surface area contributed by atoms with E-state index in [2.05, 4.69) is 19.2 Å². The predicted molar refractivity (Wildman–Crippen MR) is 55.3 cm³/mol. The van der Waals surface area contributed by atoms with E-state index in [1.54, 1.807) is 6.92 Å². The molecule has 3 nitrogen and oxygen atoms in total. The molecule has 0 aromatic carbocycles. The minimum absolute atomic E-state index is 0.0590. The minimum Gasteiger partial charge on any atom is -0.352 e. The summed E-state index contributed by atoms with van der Waals surface area (Å²) in [5.41, 5.74) is 5.43. The normalized spacial score (nSPS) is 15.5. The zero-order valence-corrected chi connectivity index (χ0v) is 9.13. The highest BCUT2D eigenvalue weighted by molar-refractivity contribution is 5.81. The van der Waals surface area contributed by atoms with Crippen LogP contribution in [-0.2, 0) is 4.79 Å². The molecule has 0 aromatic rings. The average molecular weight is 186 g/mol. The van der Waals surface area contributed by atoms with Crippen LogP contribution in [0.5, 0.6) is 0 Å². The molecule has 1 unspecified atom stereocenters. The number of hydrogen-bond donors (Lipinski definition) is 2. The molecule has 0 saturated carbocycles. The lowest BCUT2D eigenvalue weighted by molar-refractivity contribution is -0.122. The molecule has 0 aliphatic rings. The maximum absolute atomic E-state index is 11.2. The summed E-state index contributed by atoms with van der Waals surface area (Å²) in [6.07, 6.45) is 2.16. The second kappa shape index (κ2) is 5.97. The number of carbonyl (C=O) groups excluding carboxylic acids is 1. The fourth-order valence-electron chi connectivity index (χ4n) is 1.03. The number of nitrogens with one attached hydrogen (secondary N) is 1. The molecule has 0 spiro atoms.